The summed E-state index contributed by atoms with van der Waals surface area (Å²) in [6.45, 7) is 4.02. The summed E-state index contributed by atoms with van der Waals surface area (Å²) in [5.41, 5.74) is 5.58. The van der Waals surface area contributed by atoms with E-state index >= 15 is 0 Å². The van der Waals surface area contributed by atoms with Crippen LogP contribution in [0, 0.1) is 11.6 Å². The molecule has 2 heterocycles. The predicted octanol–water partition coefficient (Wildman–Crippen LogP) is 5.15. The second-order valence-corrected chi connectivity index (χ2v) is 11.4. The largest absolute Gasteiger partial charge is 0.507 e. The van der Waals surface area contributed by atoms with Crippen molar-refractivity contribution in [3.63, 3.8) is 0 Å². The molecule has 49 heavy (non-hydrogen) atoms. The van der Waals surface area contributed by atoms with E-state index in [1.165, 1.54) is 18.3 Å². The lowest BCUT2D eigenvalue weighted by atomic mass is 10.1. The summed E-state index contributed by atoms with van der Waals surface area (Å²) in [5.74, 6) is -0.359. The van der Waals surface area contributed by atoms with Crippen LogP contribution in [0.2, 0.25) is 0 Å². The van der Waals surface area contributed by atoms with Crippen molar-refractivity contribution < 1.29 is 32.7 Å². The molecule has 2 N–H and O–H groups in total. The monoisotopic (exact) mass is 668 g/mol. The van der Waals surface area contributed by atoms with Gasteiger partial charge in [0.25, 0.3) is 5.91 Å². The standard InChI is InChI=1S/C36H34F2N6O5/c37-31-12-10-30(19-32(31)38)48-24-26-6-8-27(9-7-26)36-40-35(49-42-36)22-44-16-14-43(15-17-44)21-34(46)41-39-20-28-18-29(11-13-33(28)45)47-23-25-4-2-1-3-5-25/h1-13,18-20,45H,14-17,21-24H2,(H,41,46). The van der Waals surface area contributed by atoms with E-state index in [2.05, 4.69) is 25.6 Å². The number of nitrogens with one attached hydrogen (secondary N) is 1. The first kappa shape index (κ1) is 33.2. The third kappa shape index (κ3) is 9.46. The Morgan fingerprint density at radius 2 is 1.53 bits per heavy atom. The molecule has 0 aliphatic carbocycles. The minimum absolute atomic E-state index is 0.0252. The van der Waals surface area contributed by atoms with Crippen LogP contribution in [0.3, 0.4) is 0 Å². The zero-order valence-electron chi connectivity index (χ0n) is 26.5. The molecule has 1 fully saturated rings. The number of hydrazone groups is 1. The van der Waals surface area contributed by atoms with E-state index in [0.717, 1.165) is 28.8 Å². The van der Waals surface area contributed by atoms with E-state index in [0.29, 0.717) is 62.4 Å². The molecule has 1 aliphatic heterocycles. The van der Waals surface area contributed by atoms with Gasteiger partial charge in [-0.05, 0) is 41.5 Å². The fraction of sp³-hybridized carbons (Fsp3) is 0.222. The quantitative estimate of drug-likeness (QED) is 0.130. The summed E-state index contributed by atoms with van der Waals surface area (Å²) in [4.78, 5) is 21.3. The minimum Gasteiger partial charge on any atom is -0.507 e. The number of phenolic OH excluding ortho intramolecular Hbond substituents is 1. The Morgan fingerprint density at radius 3 is 2.27 bits per heavy atom. The molecule has 1 saturated heterocycles. The van der Waals surface area contributed by atoms with Crippen LogP contribution in [-0.2, 0) is 24.6 Å². The average molecular weight is 669 g/mol. The van der Waals surface area contributed by atoms with Crippen molar-refractivity contribution in [2.75, 3.05) is 32.7 Å². The number of carbonyl (C=O) groups is 1. The Hall–Kier alpha value is -5.66. The lowest BCUT2D eigenvalue weighted by Crippen LogP contribution is -2.48. The summed E-state index contributed by atoms with van der Waals surface area (Å²) in [6, 6.07) is 25.4. The van der Waals surface area contributed by atoms with Gasteiger partial charge in [0.05, 0.1) is 19.3 Å². The van der Waals surface area contributed by atoms with Crippen LogP contribution in [0.1, 0.15) is 22.6 Å². The van der Waals surface area contributed by atoms with Crippen molar-refractivity contribution in [3.8, 4) is 28.6 Å². The number of ether oxygens (including phenoxy) is 2. The highest BCUT2D eigenvalue weighted by molar-refractivity contribution is 5.86. The molecular weight excluding hydrogens is 634 g/mol. The molecular formula is C36H34F2N6O5. The molecule has 4 aromatic carbocycles. The molecule has 0 saturated carbocycles. The molecule has 1 amide bonds. The number of benzene rings is 4. The summed E-state index contributed by atoms with van der Waals surface area (Å²) < 4.78 is 43.4. The first-order valence-corrected chi connectivity index (χ1v) is 15.6. The van der Waals surface area contributed by atoms with E-state index < -0.39 is 11.6 Å². The van der Waals surface area contributed by atoms with Gasteiger partial charge in [0.15, 0.2) is 11.6 Å². The zero-order valence-corrected chi connectivity index (χ0v) is 26.5. The molecule has 0 atom stereocenters. The number of nitrogens with zero attached hydrogens (tertiary/aromatic N) is 5. The fourth-order valence-electron chi connectivity index (χ4n) is 5.10. The third-order valence-corrected chi connectivity index (χ3v) is 7.81. The van der Waals surface area contributed by atoms with E-state index in [1.807, 2.05) is 59.5 Å². The summed E-state index contributed by atoms with van der Waals surface area (Å²) in [6.07, 6.45) is 1.39. The van der Waals surface area contributed by atoms with Crippen LogP contribution in [0.15, 0.2) is 101 Å². The molecule has 6 rings (SSSR count). The lowest BCUT2D eigenvalue weighted by Gasteiger charge is -2.33. The minimum atomic E-state index is -0.959. The lowest BCUT2D eigenvalue weighted by molar-refractivity contribution is -0.122. The maximum atomic E-state index is 13.4. The van der Waals surface area contributed by atoms with E-state index in [4.69, 9.17) is 14.0 Å². The second-order valence-electron chi connectivity index (χ2n) is 11.4. The number of rotatable bonds is 13. The normalized spacial score (nSPS) is 13.8. The van der Waals surface area contributed by atoms with E-state index in [-0.39, 0.29) is 30.6 Å². The van der Waals surface area contributed by atoms with Crippen molar-refractivity contribution in [1.29, 1.82) is 0 Å². The van der Waals surface area contributed by atoms with Gasteiger partial charge in [-0.1, -0.05) is 59.8 Å². The first-order valence-electron chi connectivity index (χ1n) is 15.6. The molecule has 1 aliphatic rings. The number of amides is 1. The SMILES string of the molecule is O=C(CN1CCN(Cc2nc(-c3ccc(COc4ccc(F)c(F)c4)cc3)no2)CC1)NN=Cc1cc(OCc2ccccc2)ccc1O. The molecule has 0 spiro atoms. The number of carbonyl (C=O) groups excluding carboxylic acids is 1. The second kappa shape index (κ2) is 16.0. The Balaban J connectivity index is 0.910. The predicted molar refractivity (Wildman–Crippen MR) is 177 cm³/mol. The van der Waals surface area contributed by atoms with Gasteiger partial charge in [0.1, 0.15) is 30.5 Å². The number of phenols is 1. The molecule has 0 radical (unpaired) electrons. The number of hydrogen-bond acceptors (Lipinski definition) is 10. The van der Waals surface area contributed by atoms with Crippen LogP contribution in [-0.4, -0.2) is 69.9 Å². The van der Waals surface area contributed by atoms with Gasteiger partial charge in [-0.3, -0.25) is 14.6 Å². The molecule has 11 nitrogen and oxygen atoms in total. The smallest absolute Gasteiger partial charge is 0.254 e. The van der Waals surface area contributed by atoms with E-state index in [1.54, 1.807) is 12.1 Å². The molecule has 5 aromatic rings. The molecule has 0 unspecified atom stereocenters. The average Bonchev–Trinajstić information content (AvgIpc) is 3.59. The highest BCUT2D eigenvalue weighted by atomic mass is 19.2. The Kier molecular flexibility index (Phi) is 10.8. The number of aromatic nitrogens is 2. The van der Waals surface area contributed by atoms with Crippen molar-refractivity contribution >= 4 is 12.1 Å². The van der Waals surface area contributed by atoms with E-state index in [9.17, 15) is 18.7 Å². The van der Waals surface area contributed by atoms with Crippen molar-refractivity contribution in [3.05, 3.63) is 125 Å². The summed E-state index contributed by atoms with van der Waals surface area (Å²) in [7, 11) is 0. The number of hydrogen-bond donors (Lipinski definition) is 2. The molecule has 252 valence electrons. The van der Waals surface area contributed by atoms with Gasteiger partial charge in [-0.2, -0.15) is 10.1 Å². The highest BCUT2D eigenvalue weighted by Crippen LogP contribution is 2.23. The van der Waals surface area contributed by atoms with Crippen molar-refractivity contribution in [1.82, 2.24) is 25.4 Å². The fourth-order valence-corrected chi connectivity index (χ4v) is 5.10. The van der Waals surface area contributed by atoms with Crippen LogP contribution >= 0.6 is 0 Å². The third-order valence-electron chi connectivity index (χ3n) is 7.81. The van der Waals surface area contributed by atoms with Crippen LogP contribution < -0.4 is 14.9 Å². The summed E-state index contributed by atoms with van der Waals surface area (Å²) >= 11 is 0. The topological polar surface area (TPSA) is 126 Å². The van der Waals surface area contributed by atoms with Crippen LogP contribution in [0.5, 0.6) is 17.2 Å². The van der Waals surface area contributed by atoms with Gasteiger partial charge in [-0.15, -0.1) is 0 Å². The van der Waals surface area contributed by atoms with Gasteiger partial charge < -0.3 is 19.1 Å². The molecule has 1 aromatic heterocycles. The molecule has 0 bridgehead atoms. The number of piperazine rings is 1. The first-order chi connectivity index (χ1) is 23.9. The Labute approximate surface area is 281 Å². The van der Waals surface area contributed by atoms with Crippen LogP contribution in [0.25, 0.3) is 11.4 Å². The van der Waals surface area contributed by atoms with Crippen molar-refractivity contribution in [2.24, 2.45) is 5.10 Å². The highest BCUT2D eigenvalue weighted by Gasteiger charge is 2.21. The Bertz CT molecular complexity index is 1880. The maximum Gasteiger partial charge on any atom is 0.254 e. The zero-order chi connectivity index (χ0) is 34.0. The van der Waals surface area contributed by atoms with Gasteiger partial charge in [0.2, 0.25) is 11.7 Å². The van der Waals surface area contributed by atoms with Crippen molar-refractivity contribution in [2.45, 2.75) is 19.8 Å². The maximum absolute atomic E-state index is 13.4. The van der Waals surface area contributed by atoms with Gasteiger partial charge in [0, 0.05) is 43.4 Å². The van der Waals surface area contributed by atoms with Gasteiger partial charge in [-0.25, -0.2) is 14.2 Å². The van der Waals surface area contributed by atoms with Crippen LogP contribution in [0.4, 0.5) is 8.78 Å². The number of halogens is 2. The Morgan fingerprint density at radius 1 is 0.857 bits per heavy atom. The van der Waals surface area contributed by atoms with Gasteiger partial charge >= 0.3 is 0 Å². The molecule has 13 heteroatoms. The number of aromatic hydroxyl groups is 1. The summed E-state index contributed by atoms with van der Waals surface area (Å²) in [5, 5.41) is 18.3.